The normalized spacial score (nSPS) is 15.5. The standard InChI is InChI=1S/C24H32N2O4S/c1-3-5-20-6-10-22(11-7-20)30-18-24(27)25-21-14-16-26(17-15-21)31(28,29)23-12-8-19(4-2)9-13-23/h6-13,21H,3-5,14-18H2,1-2H3,(H,25,27). The van der Waals surface area contributed by atoms with Gasteiger partial charge in [0.25, 0.3) is 5.91 Å². The molecule has 1 aliphatic rings. The lowest BCUT2D eigenvalue weighted by atomic mass is 10.1. The molecule has 0 aromatic heterocycles. The fourth-order valence-electron chi connectivity index (χ4n) is 3.75. The third-order valence-electron chi connectivity index (χ3n) is 5.62. The van der Waals surface area contributed by atoms with E-state index in [-0.39, 0.29) is 18.6 Å². The van der Waals surface area contributed by atoms with Gasteiger partial charge in [-0.05, 0) is 61.1 Å². The minimum Gasteiger partial charge on any atom is -0.484 e. The summed E-state index contributed by atoms with van der Waals surface area (Å²) in [5.41, 5.74) is 2.36. The van der Waals surface area contributed by atoms with Crippen molar-refractivity contribution in [3.8, 4) is 5.75 Å². The van der Waals surface area contributed by atoms with Crippen molar-refractivity contribution in [3.05, 3.63) is 59.7 Å². The summed E-state index contributed by atoms with van der Waals surface area (Å²) in [7, 11) is -3.50. The molecule has 1 N–H and O–H groups in total. The van der Waals surface area contributed by atoms with Crippen LogP contribution in [0.15, 0.2) is 53.4 Å². The second-order valence-electron chi connectivity index (χ2n) is 7.93. The van der Waals surface area contributed by atoms with Crippen molar-refractivity contribution < 1.29 is 17.9 Å². The van der Waals surface area contributed by atoms with Crippen LogP contribution in [0.2, 0.25) is 0 Å². The highest BCUT2D eigenvalue weighted by Crippen LogP contribution is 2.21. The first kappa shape index (κ1) is 23.3. The number of carbonyl (C=O) groups is 1. The van der Waals surface area contributed by atoms with Crippen LogP contribution >= 0.6 is 0 Å². The van der Waals surface area contributed by atoms with Gasteiger partial charge in [-0.3, -0.25) is 4.79 Å². The molecular weight excluding hydrogens is 412 g/mol. The molecule has 0 unspecified atom stereocenters. The van der Waals surface area contributed by atoms with Crippen molar-refractivity contribution in [3.63, 3.8) is 0 Å². The number of benzene rings is 2. The molecule has 1 heterocycles. The third kappa shape index (κ3) is 6.31. The van der Waals surface area contributed by atoms with Crippen molar-refractivity contribution in [2.45, 2.75) is 56.9 Å². The molecule has 0 spiro atoms. The van der Waals surface area contributed by atoms with E-state index in [1.807, 2.05) is 43.3 Å². The van der Waals surface area contributed by atoms with E-state index in [0.29, 0.717) is 36.6 Å². The van der Waals surface area contributed by atoms with Gasteiger partial charge in [0.15, 0.2) is 6.61 Å². The fourth-order valence-corrected chi connectivity index (χ4v) is 5.22. The van der Waals surface area contributed by atoms with E-state index < -0.39 is 10.0 Å². The number of nitrogens with zero attached hydrogens (tertiary/aromatic N) is 1. The topological polar surface area (TPSA) is 75.7 Å². The molecule has 168 valence electrons. The Morgan fingerprint density at radius 2 is 1.61 bits per heavy atom. The number of rotatable bonds is 9. The van der Waals surface area contributed by atoms with Gasteiger partial charge in [0, 0.05) is 19.1 Å². The van der Waals surface area contributed by atoms with Crippen LogP contribution in [0.5, 0.6) is 5.75 Å². The number of nitrogens with one attached hydrogen (secondary N) is 1. The highest BCUT2D eigenvalue weighted by Gasteiger charge is 2.29. The molecule has 1 amide bonds. The van der Waals surface area contributed by atoms with Gasteiger partial charge < -0.3 is 10.1 Å². The van der Waals surface area contributed by atoms with Gasteiger partial charge in [-0.25, -0.2) is 8.42 Å². The molecule has 1 aliphatic heterocycles. The Kier molecular flexibility index (Phi) is 8.09. The number of aryl methyl sites for hydroxylation is 2. The fraction of sp³-hybridized carbons (Fsp3) is 0.458. The highest BCUT2D eigenvalue weighted by molar-refractivity contribution is 7.89. The third-order valence-corrected chi connectivity index (χ3v) is 7.53. The maximum Gasteiger partial charge on any atom is 0.258 e. The maximum atomic E-state index is 12.9. The predicted molar refractivity (Wildman–Crippen MR) is 122 cm³/mol. The summed E-state index contributed by atoms with van der Waals surface area (Å²) in [5.74, 6) is 0.485. The summed E-state index contributed by atoms with van der Waals surface area (Å²) < 4.78 is 32.8. The van der Waals surface area contributed by atoms with E-state index in [2.05, 4.69) is 12.2 Å². The Morgan fingerprint density at radius 1 is 1.00 bits per heavy atom. The van der Waals surface area contributed by atoms with Gasteiger partial charge in [-0.15, -0.1) is 0 Å². The summed E-state index contributed by atoms with van der Waals surface area (Å²) in [5, 5.41) is 2.96. The monoisotopic (exact) mass is 444 g/mol. The quantitative estimate of drug-likeness (QED) is 0.642. The van der Waals surface area contributed by atoms with E-state index in [9.17, 15) is 13.2 Å². The Bertz CT molecular complexity index is 948. The number of hydrogen-bond donors (Lipinski definition) is 1. The summed E-state index contributed by atoms with van der Waals surface area (Å²) in [6.45, 7) is 4.91. The van der Waals surface area contributed by atoms with Crippen LogP contribution < -0.4 is 10.1 Å². The molecule has 2 aromatic rings. The molecule has 2 aromatic carbocycles. The molecule has 7 heteroatoms. The molecule has 6 nitrogen and oxygen atoms in total. The Morgan fingerprint density at radius 3 is 2.19 bits per heavy atom. The van der Waals surface area contributed by atoms with E-state index in [4.69, 9.17) is 4.74 Å². The molecule has 0 atom stereocenters. The molecule has 0 saturated carbocycles. The lowest BCUT2D eigenvalue weighted by molar-refractivity contribution is -0.124. The van der Waals surface area contributed by atoms with Crippen molar-refractivity contribution in [2.24, 2.45) is 0 Å². The first-order chi connectivity index (χ1) is 14.9. The van der Waals surface area contributed by atoms with Gasteiger partial charge in [-0.1, -0.05) is 44.5 Å². The van der Waals surface area contributed by atoms with Crippen LogP contribution in [0.25, 0.3) is 0 Å². The van der Waals surface area contributed by atoms with Gasteiger partial charge in [0.2, 0.25) is 10.0 Å². The first-order valence-corrected chi connectivity index (χ1v) is 12.5. The van der Waals surface area contributed by atoms with Crippen molar-refractivity contribution in [1.29, 1.82) is 0 Å². The Balaban J connectivity index is 1.45. The minimum atomic E-state index is -3.50. The van der Waals surface area contributed by atoms with Crippen molar-refractivity contribution >= 4 is 15.9 Å². The minimum absolute atomic E-state index is 0.0445. The van der Waals surface area contributed by atoms with E-state index in [1.54, 1.807) is 12.1 Å². The van der Waals surface area contributed by atoms with Crippen LogP contribution in [0, 0.1) is 0 Å². The van der Waals surface area contributed by atoms with Crippen LogP contribution in [0.3, 0.4) is 0 Å². The molecule has 1 fully saturated rings. The van der Waals surface area contributed by atoms with Crippen LogP contribution in [0.4, 0.5) is 0 Å². The number of hydrogen-bond acceptors (Lipinski definition) is 4. The number of ether oxygens (including phenoxy) is 1. The molecular formula is C24H32N2O4S. The van der Waals surface area contributed by atoms with E-state index in [0.717, 1.165) is 24.8 Å². The van der Waals surface area contributed by atoms with Crippen LogP contribution in [0.1, 0.15) is 44.2 Å². The number of amides is 1. The second kappa shape index (κ2) is 10.8. The summed E-state index contributed by atoms with van der Waals surface area (Å²) in [6.07, 6.45) is 4.17. The number of sulfonamides is 1. The summed E-state index contributed by atoms with van der Waals surface area (Å²) >= 11 is 0. The second-order valence-corrected chi connectivity index (χ2v) is 9.86. The highest BCUT2D eigenvalue weighted by atomic mass is 32.2. The van der Waals surface area contributed by atoms with E-state index >= 15 is 0 Å². The van der Waals surface area contributed by atoms with Gasteiger partial charge in [0.1, 0.15) is 5.75 Å². The zero-order valence-electron chi connectivity index (χ0n) is 18.3. The Hall–Kier alpha value is -2.38. The lowest BCUT2D eigenvalue weighted by Crippen LogP contribution is -2.47. The largest absolute Gasteiger partial charge is 0.484 e. The zero-order chi connectivity index (χ0) is 22.3. The van der Waals surface area contributed by atoms with Gasteiger partial charge >= 0.3 is 0 Å². The number of carbonyl (C=O) groups excluding carboxylic acids is 1. The predicted octanol–water partition coefficient (Wildman–Crippen LogP) is 3.55. The van der Waals surface area contributed by atoms with Gasteiger partial charge in [-0.2, -0.15) is 4.31 Å². The Labute approximate surface area is 185 Å². The van der Waals surface area contributed by atoms with Crippen LogP contribution in [-0.4, -0.2) is 44.4 Å². The molecule has 0 aliphatic carbocycles. The van der Waals surface area contributed by atoms with E-state index in [1.165, 1.54) is 9.87 Å². The average molecular weight is 445 g/mol. The van der Waals surface area contributed by atoms with Gasteiger partial charge in [0.05, 0.1) is 4.90 Å². The SMILES string of the molecule is CCCc1ccc(OCC(=O)NC2CCN(S(=O)(=O)c3ccc(CC)cc3)CC2)cc1. The molecule has 31 heavy (non-hydrogen) atoms. The molecule has 1 saturated heterocycles. The zero-order valence-corrected chi connectivity index (χ0v) is 19.2. The van der Waals surface area contributed by atoms with Crippen molar-refractivity contribution in [2.75, 3.05) is 19.7 Å². The first-order valence-electron chi connectivity index (χ1n) is 11.0. The summed E-state index contributed by atoms with van der Waals surface area (Å²) in [4.78, 5) is 12.6. The molecule has 3 rings (SSSR count). The average Bonchev–Trinajstić information content (AvgIpc) is 2.79. The van der Waals surface area contributed by atoms with Crippen LogP contribution in [-0.2, 0) is 27.7 Å². The molecule has 0 bridgehead atoms. The lowest BCUT2D eigenvalue weighted by Gasteiger charge is -2.31. The molecule has 0 radical (unpaired) electrons. The number of piperidine rings is 1. The maximum absolute atomic E-state index is 12.9. The van der Waals surface area contributed by atoms with Crippen molar-refractivity contribution in [1.82, 2.24) is 9.62 Å². The smallest absolute Gasteiger partial charge is 0.258 e. The summed E-state index contributed by atoms with van der Waals surface area (Å²) in [6, 6.07) is 14.8.